The van der Waals surface area contributed by atoms with E-state index in [0.29, 0.717) is 23.6 Å². The second-order valence-electron chi connectivity index (χ2n) is 8.84. The van der Waals surface area contributed by atoms with Gasteiger partial charge in [0.15, 0.2) is 15.6 Å². The molecule has 0 aromatic heterocycles. The van der Waals surface area contributed by atoms with Gasteiger partial charge in [-0.05, 0) is 55.6 Å². The largest absolute Gasteiger partial charge is 0.471 e. The van der Waals surface area contributed by atoms with Crippen molar-refractivity contribution >= 4 is 9.84 Å². The fraction of sp³-hybridized carbons (Fsp3) is 0.478. The van der Waals surface area contributed by atoms with Gasteiger partial charge in [-0.15, -0.1) is 0 Å². The molecular formula is C23H28N2O3S. The summed E-state index contributed by atoms with van der Waals surface area (Å²) in [6.45, 7) is 1.95. The molecule has 2 aromatic carbocycles. The molecule has 2 aromatic rings. The van der Waals surface area contributed by atoms with Crippen molar-refractivity contribution in [1.29, 1.82) is 0 Å². The molecule has 5 rings (SSSR count). The highest BCUT2D eigenvalue weighted by atomic mass is 32.2. The van der Waals surface area contributed by atoms with E-state index in [2.05, 4.69) is 41.5 Å². The molecule has 0 amide bonds. The van der Waals surface area contributed by atoms with Crippen molar-refractivity contribution in [3.8, 4) is 5.75 Å². The lowest BCUT2D eigenvalue weighted by molar-refractivity contribution is -0.101. The summed E-state index contributed by atoms with van der Waals surface area (Å²) in [6.07, 6.45) is 4.10. The smallest absolute Gasteiger partial charge is 0.179 e. The number of ether oxygens (including phenoxy) is 1. The lowest BCUT2D eigenvalue weighted by Crippen LogP contribution is -2.56. The van der Waals surface area contributed by atoms with Crippen molar-refractivity contribution < 1.29 is 13.2 Å². The first-order chi connectivity index (χ1) is 13.9. The number of hydrogen-bond acceptors (Lipinski definition) is 5. The van der Waals surface area contributed by atoms with Crippen molar-refractivity contribution in [3.05, 3.63) is 59.7 Å². The Labute approximate surface area is 173 Å². The molecule has 154 valence electrons. The molecule has 1 aliphatic carbocycles. The standard InChI is InChI=1S/C23H28N2O3S/c1-25-20-15-24-14-18(20)13-23(25,19-11-16-7-3-4-8-17(16)12-19)28-21-9-5-6-10-22(21)29(2,26)27/h3-10,18-20,24H,11-15H2,1-2H3. The molecule has 6 heteroatoms. The van der Waals surface area contributed by atoms with Crippen LogP contribution in [0.1, 0.15) is 17.5 Å². The molecule has 3 atom stereocenters. The second kappa shape index (κ2) is 6.83. The van der Waals surface area contributed by atoms with E-state index in [1.54, 1.807) is 18.2 Å². The number of benzene rings is 2. The van der Waals surface area contributed by atoms with Crippen molar-refractivity contribution in [2.75, 3.05) is 26.4 Å². The van der Waals surface area contributed by atoms with E-state index in [1.165, 1.54) is 17.4 Å². The van der Waals surface area contributed by atoms with Gasteiger partial charge in [0.2, 0.25) is 0 Å². The van der Waals surface area contributed by atoms with Crippen LogP contribution in [0.25, 0.3) is 0 Å². The minimum atomic E-state index is -3.37. The Morgan fingerprint density at radius 2 is 1.69 bits per heavy atom. The minimum absolute atomic E-state index is 0.276. The normalized spacial score (nSPS) is 29.7. The minimum Gasteiger partial charge on any atom is -0.471 e. The molecule has 2 saturated heterocycles. The zero-order valence-electron chi connectivity index (χ0n) is 17.0. The Hall–Kier alpha value is -1.89. The summed E-state index contributed by atoms with van der Waals surface area (Å²) in [7, 11) is -1.21. The van der Waals surface area contributed by atoms with Gasteiger partial charge in [-0.2, -0.15) is 0 Å². The predicted octanol–water partition coefficient (Wildman–Crippen LogP) is 2.50. The predicted molar refractivity (Wildman–Crippen MR) is 113 cm³/mol. The first-order valence-electron chi connectivity index (χ1n) is 10.4. The highest BCUT2D eigenvalue weighted by molar-refractivity contribution is 7.90. The number of likely N-dealkylation sites (N-methyl/N-ethyl adjacent to an activating group) is 1. The monoisotopic (exact) mass is 412 g/mol. The van der Waals surface area contributed by atoms with Gasteiger partial charge in [0.25, 0.3) is 0 Å². The summed E-state index contributed by atoms with van der Waals surface area (Å²) in [5, 5.41) is 3.51. The molecule has 0 radical (unpaired) electrons. The van der Waals surface area contributed by atoms with Crippen LogP contribution in [0.3, 0.4) is 0 Å². The molecule has 0 bridgehead atoms. The number of nitrogens with one attached hydrogen (secondary N) is 1. The Balaban J connectivity index is 1.57. The maximum Gasteiger partial charge on any atom is 0.179 e. The second-order valence-corrected chi connectivity index (χ2v) is 10.8. The number of hydrogen-bond donors (Lipinski definition) is 1. The molecule has 1 N–H and O–H groups in total. The molecule has 2 aliphatic heterocycles. The summed E-state index contributed by atoms with van der Waals surface area (Å²) in [4.78, 5) is 2.67. The zero-order chi connectivity index (χ0) is 20.2. The van der Waals surface area contributed by atoms with E-state index in [-0.39, 0.29) is 4.90 Å². The average molecular weight is 413 g/mol. The number of nitrogens with zero attached hydrogens (tertiary/aromatic N) is 1. The van der Waals surface area contributed by atoms with Crippen LogP contribution in [-0.4, -0.2) is 51.5 Å². The third kappa shape index (κ3) is 3.09. The summed E-state index contributed by atoms with van der Waals surface area (Å²) < 4.78 is 31.6. The Morgan fingerprint density at radius 3 is 2.34 bits per heavy atom. The Kier molecular flexibility index (Phi) is 4.49. The van der Waals surface area contributed by atoms with Gasteiger partial charge in [-0.1, -0.05) is 36.4 Å². The molecule has 3 unspecified atom stereocenters. The molecule has 2 heterocycles. The van der Waals surface area contributed by atoms with Gasteiger partial charge in [0, 0.05) is 31.2 Å². The third-order valence-electron chi connectivity index (χ3n) is 7.18. The van der Waals surface area contributed by atoms with Crippen LogP contribution in [0.5, 0.6) is 5.75 Å². The van der Waals surface area contributed by atoms with Crippen molar-refractivity contribution in [1.82, 2.24) is 10.2 Å². The summed E-state index contributed by atoms with van der Waals surface area (Å²) >= 11 is 0. The van der Waals surface area contributed by atoms with Crippen LogP contribution >= 0.6 is 0 Å². The molecule has 2 fully saturated rings. The molecule has 5 nitrogen and oxygen atoms in total. The molecule has 29 heavy (non-hydrogen) atoms. The van der Waals surface area contributed by atoms with Crippen molar-refractivity contribution in [2.24, 2.45) is 11.8 Å². The highest BCUT2D eigenvalue weighted by Gasteiger charge is 2.58. The number of fused-ring (bicyclic) bond motifs is 2. The van der Waals surface area contributed by atoms with Gasteiger partial charge >= 0.3 is 0 Å². The first-order valence-corrected chi connectivity index (χ1v) is 12.3. The van der Waals surface area contributed by atoms with Crippen molar-refractivity contribution in [2.45, 2.75) is 35.9 Å². The van der Waals surface area contributed by atoms with Gasteiger partial charge in [0.05, 0.1) is 0 Å². The lowest BCUT2D eigenvalue weighted by atomic mass is 9.87. The van der Waals surface area contributed by atoms with E-state index in [9.17, 15) is 8.42 Å². The molecule has 0 saturated carbocycles. The quantitative estimate of drug-likeness (QED) is 0.836. The fourth-order valence-corrected chi connectivity index (χ4v) is 6.54. The van der Waals surface area contributed by atoms with Crippen LogP contribution in [0.15, 0.2) is 53.4 Å². The molecule has 3 aliphatic rings. The average Bonchev–Trinajstić information content (AvgIpc) is 3.38. The van der Waals surface area contributed by atoms with Crippen LogP contribution in [0.2, 0.25) is 0 Å². The van der Waals surface area contributed by atoms with Gasteiger partial charge in [-0.25, -0.2) is 8.42 Å². The molecule has 0 spiro atoms. The number of likely N-dealkylation sites (tertiary alicyclic amines) is 1. The van der Waals surface area contributed by atoms with E-state index in [0.717, 1.165) is 32.4 Å². The number of rotatable bonds is 4. The third-order valence-corrected chi connectivity index (χ3v) is 8.31. The fourth-order valence-electron chi connectivity index (χ4n) is 5.74. The topological polar surface area (TPSA) is 58.6 Å². The first kappa shape index (κ1) is 19.1. The van der Waals surface area contributed by atoms with E-state index < -0.39 is 15.6 Å². The van der Waals surface area contributed by atoms with Gasteiger partial charge < -0.3 is 10.1 Å². The van der Waals surface area contributed by atoms with Crippen LogP contribution in [-0.2, 0) is 22.7 Å². The Morgan fingerprint density at radius 1 is 1.03 bits per heavy atom. The van der Waals surface area contributed by atoms with E-state index in [1.807, 2.05) is 6.07 Å². The van der Waals surface area contributed by atoms with Gasteiger partial charge in [-0.3, -0.25) is 4.90 Å². The van der Waals surface area contributed by atoms with Crippen LogP contribution < -0.4 is 10.1 Å². The Bertz CT molecular complexity index is 1010. The van der Waals surface area contributed by atoms with Crippen molar-refractivity contribution in [3.63, 3.8) is 0 Å². The van der Waals surface area contributed by atoms with Crippen LogP contribution in [0, 0.1) is 11.8 Å². The van der Waals surface area contributed by atoms with Gasteiger partial charge in [0.1, 0.15) is 10.6 Å². The zero-order valence-corrected chi connectivity index (χ0v) is 17.8. The summed E-state index contributed by atoms with van der Waals surface area (Å²) in [5.41, 5.74) is 2.28. The molecular weight excluding hydrogens is 384 g/mol. The SMILES string of the molecule is CN1C2CNCC2CC1(Oc1ccccc1S(C)(=O)=O)C1Cc2ccccc2C1. The van der Waals surface area contributed by atoms with E-state index >= 15 is 0 Å². The number of sulfone groups is 1. The summed E-state index contributed by atoms with van der Waals surface area (Å²) in [5.74, 6) is 1.29. The van der Waals surface area contributed by atoms with Crippen LogP contribution in [0.4, 0.5) is 0 Å². The highest BCUT2D eigenvalue weighted by Crippen LogP contribution is 2.49. The number of para-hydroxylation sites is 1. The maximum absolute atomic E-state index is 12.4. The lowest BCUT2D eigenvalue weighted by Gasteiger charge is -2.43. The summed E-state index contributed by atoms with van der Waals surface area (Å²) in [6, 6.07) is 16.1. The maximum atomic E-state index is 12.4. The van der Waals surface area contributed by atoms with E-state index in [4.69, 9.17) is 4.74 Å².